The largest absolute Gasteiger partial charge is 0.381 e. The fourth-order valence-electron chi connectivity index (χ4n) is 4.16. The summed E-state index contributed by atoms with van der Waals surface area (Å²) in [6.07, 6.45) is 4.69. The highest BCUT2D eigenvalue weighted by molar-refractivity contribution is 6.33. The summed E-state index contributed by atoms with van der Waals surface area (Å²) in [7, 11) is 1.66. The van der Waals surface area contributed by atoms with Crippen molar-refractivity contribution in [1.82, 2.24) is 15.3 Å². The number of carbonyl (C=O) groups excluding carboxylic acids is 1. The number of anilines is 2. The van der Waals surface area contributed by atoms with Gasteiger partial charge in [0.1, 0.15) is 5.82 Å². The van der Waals surface area contributed by atoms with Crippen LogP contribution in [0.3, 0.4) is 0 Å². The van der Waals surface area contributed by atoms with Gasteiger partial charge in [0, 0.05) is 58.0 Å². The van der Waals surface area contributed by atoms with Gasteiger partial charge in [-0.15, -0.1) is 0 Å². The predicted octanol–water partition coefficient (Wildman–Crippen LogP) is 3.48. The molecule has 0 aliphatic carbocycles. The lowest BCUT2D eigenvalue weighted by Crippen LogP contribution is -2.44. The average molecular weight is 478 g/mol. The number of amides is 1. The quantitative estimate of drug-likeness (QED) is 0.561. The normalized spacial score (nSPS) is 20.3. The molecule has 0 saturated carbocycles. The van der Waals surface area contributed by atoms with Crippen molar-refractivity contribution in [3.63, 3.8) is 0 Å². The maximum absolute atomic E-state index is 14.5. The molecule has 2 aliphatic heterocycles. The third-order valence-electron chi connectivity index (χ3n) is 6.31. The van der Waals surface area contributed by atoms with E-state index < -0.39 is 11.4 Å². The average Bonchev–Trinajstić information content (AvgIpc) is 2.86. The zero-order valence-corrected chi connectivity index (χ0v) is 19.4. The number of nitrogens with zero attached hydrogens (tertiary/aromatic N) is 2. The standard InChI is InChI=1S/C23H29ClFN5O3/c1-32-23(6-9-33-10-7-23)14-28-21-18(25)4-5-19(29-21)16-11-20(27-13-17(16)24)30-22(31)15-3-2-8-26-12-15/h4-5,11,13,15,26H,2-3,6-10,12,14H2,1H3,(H,28,29)(H,27,30,31). The van der Waals surface area contributed by atoms with Crippen LogP contribution in [0.2, 0.25) is 5.02 Å². The summed E-state index contributed by atoms with van der Waals surface area (Å²) in [6.45, 7) is 3.18. The van der Waals surface area contributed by atoms with Crippen LogP contribution in [0.15, 0.2) is 24.4 Å². The van der Waals surface area contributed by atoms with Gasteiger partial charge < -0.3 is 25.4 Å². The number of rotatable bonds is 7. The molecule has 0 radical (unpaired) electrons. The number of halogens is 2. The summed E-state index contributed by atoms with van der Waals surface area (Å²) in [5.74, 6) is -0.162. The highest BCUT2D eigenvalue weighted by Gasteiger charge is 2.32. The van der Waals surface area contributed by atoms with Crippen molar-refractivity contribution in [3.05, 3.63) is 35.2 Å². The van der Waals surface area contributed by atoms with Crippen LogP contribution in [-0.4, -0.2) is 61.4 Å². The molecule has 2 aromatic heterocycles. The van der Waals surface area contributed by atoms with Crippen molar-refractivity contribution in [3.8, 4) is 11.3 Å². The van der Waals surface area contributed by atoms with Crippen LogP contribution < -0.4 is 16.0 Å². The lowest BCUT2D eigenvalue weighted by atomic mass is 9.94. The van der Waals surface area contributed by atoms with Gasteiger partial charge in [0.15, 0.2) is 11.6 Å². The fourth-order valence-corrected chi connectivity index (χ4v) is 4.36. The van der Waals surface area contributed by atoms with Crippen LogP contribution in [0.25, 0.3) is 11.3 Å². The summed E-state index contributed by atoms with van der Waals surface area (Å²) in [5, 5.41) is 9.54. The number of carbonyl (C=O) groups is 1. The Morgan fingerprint density at radius 3 is 2.94 bits per heavy atom. The summed E-state index contributed by atoms with van der Waals surface area (Å²) in [6, 6.07) is 4.56. The molecule has 4 heterocycles. The topological polar surface area (TPSA) is 97.4 Å². The molecule has 178 valence electrons. The molecule has 10 heteroatoms. The van der Waals surface area contributed by atoms with Gasteiger partial charge >= 0.3 is 0 Å². The van der Waals surface area contributed by atoms with E-state index in [4.69, 9.17) is 21.1 Å². The van der Waals surface area contributed by atoms with Crippen LogP contribution >= 0.6 is 11.6 Å². The van der Waals surface area contributed by atoms with E-state index in [1.807, 2.05) is 0 Å². The van der Waals surface area contributed by atoms with Gasteiger partial charge in [-0.2, -0.15) is 0 Å². The summed E-state index contributed by atoms with van der Waals surface area (Å²) in [5.41, 5.74) is 0.598. The molecule has 0 aromatic carbocycles. The van der Waals surface area contributed by atoms with Gasteiger partial charge in [0.2, 0.25) is 5.91 Å². The maximum atomic E-state index is 14.5. The van der Waals surface area contributed by atoms with Crippen LogP contribution in [0.5, 0.6) is 0 Å². The van der Waals surface area contributed by atoms with E-state index in [2.05, 4.69) is 25.9 Å². The molecule has 0 spiro atoms. The Balaban J connectivity index is 1.51. The molecule has 8 nitrogen and oxygen atoms in total. The third-order valence-corrected chi connectivity index (χ3v) is 6.61. The van der Waals surface area contributed by atoms with Crippen molar-refractivity contribution in [2.75, 3.05) is 50.6 Å². The Labute approximate surface area is 197 Å². The highest BCUT2D eigenvalue weighted by Crippen LogP contribution is 2.31. The number of piperidine rings is 1. The number of aromatic nitrogens is 2. The molecule has 1 atom stereocenters. The number of ether oxygens (including phenoxy) is 2. The van der Waals surface area contributed by atoms with Crippen molar-refractivity contribution in [2.24, 2.45) is 5.92 Å². The molecular weight excluding hydrogens is 449 g/mol. The lowest BCUT2D eigenvalue weighted by Gasteiger charge is -2.36. The Morgan fingerprint density at radius 2 is 2.21 bits per heavy atom. The van der Waals surface area contributed by atoms with Gasteiger partial charge in [-0.05, 0) is 37.6 Å². The molecule has 2 aromatic rings. The minimum atomic E-state index is -0.472. The Kier molecular flexibility index (Phi) is 7.75. The molecule has 2 aliphatic rings. The van der Waals surface area contributed by atoms with E-state index in [1.54, 1.807) is 19.2 Å². The summed E-state index contributed by atoms with van der Waals surface area (Å²) < 4.78 is 25.7. The van der Waals surface area contributed by atoms with E-state index in [-0.39, 0.29) is 17.6 Å². The molecule has 3 N–H and O–H groups in total. The Hall–Kier alpha value is -2.33. The minimum Gasteiger partial charge on any atom is -0.381 e. The van der Waals surface area contributed by atoms with Crippen LogP contribution in [0, 0.1) is 11.7 Å². The van der Waals surface area contributed by atoms with Gasteiger partial charge in [-0.25, -0.2) is 14.4 Å². The molecular formula is C23H29ClFN5O3. The Morgan fingerprint density at radius 1 is 1.39 bits per heavy atom. The molecule has 2 fully saturated rings. The van der Waals surface area contributed by atoms with E-state index >= 15 is 0 Å². The number of hydrogen-bond acceptors (Lipinski definition) is 7. The van der Waals surface area contributed by atoms with E-state index in [0.29, 0.717) is 61.2 Å². The molecule has 1 unspecified atom stereocenters. The van der Waals surface area contributed by atoms with E-state index in [1.165, 1.54) is 12.3 Å². The molecule has 33 heavy (non-hydrogen) atoms. The lowest BCUT2D eigenvalue weighted by molar-refractivity contribution is -0.120. The van der Waals surface area contributed by atoms with Crippen LogP contribution in [0.1, 0.15) is 25.7 Å². The number of hydrogen-bond donors (Lipinski definition) is 3. The second-order valence-electron chi connectivity index (χ2n) is 8.46. The monoisotopic (exact) mass is 477 g/mol. The zero-order chi connectivity index (χ0) is 23.3. The third kappa shape index (κ3) is 5.78. The van der Waals surface area contributed by atoms with Crippen molar-refractivity contribution in [1.29, 1.82) is 0 Å². The van der Waals surface area contributed by atoms with Gasteiger partial charge in [0.05, 0.1) is 22.2 Å². The maximum Gasteiger partial charge on any atom is 0.229 e. The Bertz CT molecular complexity index is 981. The first kappa shape index (κ1) is 23.8. The highest BCUT2D eigenvalue weighted by atomic mass is 35.5. The van der Waals surface area contributed by atoms with Crippen molar-refractivity contribution < 1.29 is 18.7 Å². The molecule has 1 amide bonds. The molecule has 0 bridgehead atoms. The molecule has 4 rings (SSSR count). The van der Waals surface area contributed by atoms with Gasteiger partial charge in [-0.1, -0.05) is 11.6 Å². The predicted molar refractivity (Wildman–Crippen MR) is 125 cm³/mol. The van der Waals surface area contributed by atoms with Gasteiger partial charge in [0.25, 0.3) is 0 Å². The SMILES string of the molecule is COC1(CNc2nc(-c3cc(NC(=O)C4CCCNC4)ncc3Cl)ccc2F)CCOCC1. The molecule has 2 saturated heterocycles. The first-order chi connectivity index (χ1) is 16.0. The van der Waals surface area contributed by atoms with Crippen molar-refractivity contribution in [2.45, 2.75) is 31.3 Å². The smallest absolute Gasteiger partial charge is 0.229 e. The van der Waals surface area contributed by atoms with E-state index in [9.17, 15) is 9.18 Å². The first-order valence-corrected chi connectivity index (χ1v) is 11.6. The van der Waals surface area contributed by atoms with Crippen molar-refractivity contribution >= 4 is 29.1 Å². The minimum absolute atomic E-state index is 0.0845. The van der Waals surface area contributed by atoms with Gasteiger partial charge in [-0.3, -0.25) is 4.79 Å². The second-order valence-corrected chi connectivity index (χ2v) is 8.87. The van der Waals surface area contributed by atoms with Crippen LogP contribution in [0.4, 0.5) is 16.0 Å². The van der Waals surface area contributed by atoms with E-state index in [0.717, 1.165) is 19.4 Å². The summed E-state index contributed by atoms with van der Waals surface area (Å²) in [4.78, 5) is 21.3. The number of nitrogens with one attached hydrogen (secondary N) is 3. The first-order valence-electron chi connectivity index (χ1n) is 11.2. The number of pyridine rings is 2. The fraction of sp³-hybridized carbons (Fsp3) is 0.522. The summed E-state index contributed by atoms with van der Waals surface area (Å²) >= 11 is 6.38. The second kappa shape index (κ2) is 10.7. The van der Waals surface area contributed by atoms with Crippen LogP contribution in [-0.2, 0) is 14.3 Å². The number of methoxy groups -OCH3 is 1. The zero-order valence-electron chi connectivity index (χ0n) is 18.6.